The molecule has 1 atom stereocenters. The Labute approximate surface area is 148 Å². The van der Waals surface area contributed by atoms with Gasteiger partial charge in [-0.05, 0) is 35.5 Å². The van der Waals surface area contributed by atoms with Crippen LogP contribution in [0, 0.1) is 0 Å². The third kappa shape index (κ3) is 3.83. The molecule has 0 aliphatic heterocycles. The monoisotopic (exact) mass is 359 g/mol. The van der Waals surface area contributed by atoms with Crippen LogP contribution in [0.1, 0.15) is 35.0 Å². The largest absolute Gasteiger partial charge is 0.507 e. The number of amides is 1. The number of aromatic nitrogens is 6. The highest BCUT2D eigenvalue weighted by Gasteiger charge is 2.20. The molecule has 2 aromatic heterocycles. The van der Waals surface area contributed by atoms with E-state index in [0.717, 1.165) is 0 Å². The van der Waals surface area contributed by atoms with Crippen molar-refractivity contribution in [3.05, 3.63) is 41.8 Å². The Morgan fingerprint density at radius 3 is 3.04 bits per heavy atom. The molecule has 0 aliphatic rings. The molecule has 2 heterocycles. The number of phenolic OH excluding ortho intramolecular Hbond substituents is 1. The summed E-state index contributed by atoms with van der Waals surface area (Å²) in [4.78, 5) is 16.7. The lowest BCUT2D eigenvalue weighted by molar-refractivity contribution is 0.0930. The lowest BCUT2D eigenvalue weighted by atomic mass is 10.1. The number of carbonyl (C=O) groups excluding carboxylic acids is 1. The molecule has 0 unspecified atom stereocenters. The maximum Gasteiger partial charge on any atom is 0.255 e. The summed E-state index contributed by atoms with van der Waals surface area (Å²) in [5.41, 5.74) is 0.606. The molecular formula is C15H17N7O4. The lowest BCUT2D eigenvalue weighted by Gasteiger charge is -2.11. The summed E-state index contributed by atoms with van der Waals surface area (Å²) < 4.78 is 11.5. The zero-order chi connectivity index (χ0) is 18.5. The summed E-state index contributed by atoms with van der Waals surface area (Å²) in [5.74, 6) is 0.0893. The second-order valence-corrected chi connectivity index (χ2v) is 5.44. The number of carbonyl (C=O) groups is 1. The Morgan fingerprint density at radius 1 is 1.46 bits per heavy atom. The number of ether oxygens (including phenoxy) is 1. The van der Waals surface area contributed by atoms with E-state index in [1.54, 1.807) is 20.1 Å². The van der Waals surface area contributed by atoms with E-state index in [-0.39, 0.29) is 17.2 Å². The summed E-state index contributed by atoms with van der Waals surface area (Å²) in [6.07, 6.45) is 1.89. The number of methoxy groups -OCH3 is 1. The van der Waals surface area contributed by atoms with E-state index in [1.807, 2.05) is 0 Å². The van der Waals surface area contributed by atoms with Gasteiger partial charge in [-0.15, -0.1) is 5.10 Å². The van der Waals surface area contributed by atoms with E-state index in [9.17, 15) is 9.90 Å². The summed E-state index contributed by atoms with van der Waals surface area (Å²) in [5, 5.41) is 27.4. The molecule has 11 nitrogen and oxygen atoms in total. The first-order valence-electron chi connectivity index (χ1n) is 7.77. The van der Waals surface area contributed by atoms with Crippen molar-refractivity contribution in [2.45, 2.75) is 19.4 Å². The van der Waals surface area contributed by atoms with Crippen LogP contribution in [0.15, 0.2) is 29.0 Å². The smallest absolute Gasteiger partial charge is 0.255 e. The fraction of sp³-hybridized carbons (Fsp3) is 0.333. The molecule has 0 spiro atoms. The number of phenols is 1. The fourth-order valence-corrected chi connectivity index (χ4v) is 2.20. The average molecular weight is 359 g/mol. The number of rotatable bonds is 7. The third-order valence-corrected chi connectivity index (χ3v) is 3.57. The van der Waals surface area contributed by atoms with Crippen LogP contribution in [-0.4, -0.2) is 55.1 Å². The van der Waals surface area contributed by atoms with Crippen molar-refractivity contribution < 1.29 is 19.2 Å². The summed E-state index contributed by atoms with van der Waals surface area (Å²) in [7, 11) is 1.58. The van der Waals surface area contributed by atoms with Crippen molar-refractivity contribution in [3.63, 3.8) is 0 Å². The van der Waals surface area contributed by atoms with E-state index in [0.29, 0.717) is 24.5 Å². The zero-order valence-electron chi connectivity index (χ0n) is 14.2. The zero-order valence-corrected chi connectivity index (χ0v) is 14.2. The van der Waals surface area contributed by atoms with Gasteiger partial charge in [-0.2, -0.15) is 4.98 Å². The average Bonchev–Trinajstić information content (AvgIpc) is 3.32. The first kappa shape index (κ1) is 17.5. The molecule has 2 N–H and O–H groups in total. The highest BCUT2D eigenvalue weighted by Crippen LogP contribution is 2.21. The molecule has 1 aromatic carbocycles. The van der Waals surface area contributed by atoms with Crippen LogP contribution < -0.4 is 5.32 Å². The van der Waals surface area contributed by atoms with Crippen molar-refractivity contribution >= 4 is 5.91 Å². The summed E-state index contributed by atoms with van der Waals surface area (Å²) in [6.45, 7) is 2.17. The molecule has 0 saturated carbocycles. The maximum absolute atomic E-state index is 12.5. The minimum Gasteiger partial charge on any atom is -0.507 e. The maximum atomic E-state index is 12.5. The first-order chi connectivity index (χ1) is 12.6. The highest BCUT2D eigenvalue weighted by atomic mass is 16.5. The van der Waals surface area contributed by atoms with Crippen LogP contribution in [0.3, 0.4) is 0 Å². The van der Waals surface area contributed by atoms with Crippen molar-refractivity contribution in [3.8, 4) is 11.4 Å². The quantitative estimate of drug-likeness (QED) is 0.614. The highest BCUT2D eigenvalue weighted by molar-refractivity contribution is 5.97. The van der Waals surface area contributed by atoms with Gasteiger partial charge in [-0.25, -0.2) is 4.68 Å². The van der Waals surface area contributed by atoms with Crippen molar-refractivity contribution in [2.75, 3.05) is 13.7 Å². The minimum absolute atomic E-state index is 0.0731. The van der Waals surface area contributed by atoms with E-state index in [2.05, 4.69) is 31.0 Å². The normalized spacial score (nSPS) is 12.1. The predicted molar refractivity (Wildman–Crippen MR) is 86.6 cm³/mol. The van der Waals surface area contributed by atoms with Crippen LogP contribution in [0.5, 0.6) is 5.75 Å². The topological polar surface area (TPSA) is 141 Å². The summed E-state index contributed by atoms with van der Waals surface area (Å²) >= 11 is 0. The standard InChI is InChI=1S/C15H17N7O4/c1-9(15-18-13(19-26-15)5-6-25-2)17-14(24)11-7-10(3-4-12(11)23)22-8-16-20-21-22/h3-4,7-9,23H,5-6H2,1-2H3,(H,17,24)/t9-/m0/s1. The number of aromatic hydroxyl groups is 1. The lowest BCUT2D eigenvalue weighted by Crippen LogP contribution is -2.27. The molecule has 0 radical (unpaired) electrons. The molecule has 136 valence electrons. The van der Waals surface area contributed by atoms with E-state index >= 15 is 0 Å². The van der Waals surface area contributed by atoms with Gasteiger partial charge in [0.15, 0.2) is 5.82 Å². The molecule has 26 heavy (non-hydrogen) atoms. The number of hydrogen-bond donors (Lipinski definition) is 2. The number of tetrazole rings is 1. The number of nitrogens with one attached hydrogen (secondary N) is 1. The van der Waals surface area contributed by atoms with Crippen LogP contribution in [-0.2, 0) is 11.2 Å². The molecular weight excluding hydrogens is 342 g/mol. The predicted octanol–water partition coefficient (Wildman–Crippen LogP) is 0.431. The molecule has 3 rings (SSSR count). The van der Waals surface area contributed by atoms with Gasteiger partial charge in [0.2, 0.25) is 5.89 Å². The number of nitrogens with zero attached hydrogens (tertiary/aromatic N) is 6. The van der Waals surface area contributed by atoms with Crippen LogP contribution in [0.25, 0.3) is 5.69 Å². The third-order valence-electron chi connectivity index (χ3n) is 3.57. The van der Waals surface area contributed by atoms with Gasteiger partial charge < -0.3 is 19.7 Å². The molecule has 1 amide bonds. The molecule has 3 aromatic rings. The second kappa shape index (κ2) is 7.70. The van der Waals surface area contributed by atoms with Crippen LogP contribution in [0.2, 0.25) is 0 Å². The molecule has 0 aliphatic carbocycles. The van der Waals surface area contributed by atoms with Gasteiger partial charge in [0.25, 0.3) is 5.91 Å². The van der Waals surface area contributed by atoms with Gasteiger partial charge in [0.05, 0.1) is 17.9 Å². The second-order valence-electron chi connectivity index (χ2n) is 5.44. The van der Waals surface area contributed by atoms with Gasteiger partial charge in [0.1, 0.15) is 18.1 Å². The van der Waals surface area contributed by atoms with E-state index < -0.39 is 11.9 Å². The van der Waals surface area contributed by atoms with Gasteiger partial charge in [-0.3, -0.25) is 4.79 Å². The van der Waals surface area contributed by atoms with E-state index in [1.165, 1.54) is 23.1 Å². The molecule has 0 bridgehead atoms. The minimum atomic E-state index is -0.539. The van der Waals surface area contributed by atoms with Gasteiger partial charge >= 0.3 is 0 Å². The van der Waals surface area contributed by atoms with Crippen molar-refractivity contribution in [1.82, 2.24) is 35.7 Å². The van der Waals surface area contributed by atoms with Gasteiger partial charge in [0, 0.05) is 13.5 Å². The Morgan fingerprint density at radius 2 is 2.31 bits per heavy atom. The number of benzene rings is 1. The van der Waals surface area contributed by atoms with Crippen LogP contribution >= 0.6 is 0 Å². The van der Waals surface area contributed by atoms with Crippen molar-refractivity contribution in [2.24, 2.45) is 0 Å². The Kier molecular flexibility index (Phi) is 5.17. The Bertz CT molecular complexity index is 878. The molecule has 11 heteroatoms. The molecule has 0 fully saturated rings. The van der Waals surface area contributed by atoms with Crippen molar-refractivity contribution in [1.29, 1.82) is 0 Å². The van der Waals surface area contributed by atoms with Crippen LogP contribution in [0.4, 0.5) is 0 Å². The summed E-state index contributed by atoms with van der Waals surface area (Å²) in [6, 6.07) is 3.92. The Hall–Kier alpha value is -3.34. The SMILES string of the molecule is COCCc1noc([C@H](C)NC(=O)c2cc(-n3cnnn3)ccc2O)n1. The van der Waals surface area contributed by atoms with Gasteiger partial charge in [-0.1, -0.05) is 5.16 Å². The molecule has 0 saturated heterocycles. The Balaban J connectivity index is 1.73. The fourth-order valence-electron chi connectivity index (χ4n) is 2.20. The number of hydrogen-bond acceptors (Lipinski definition) is 9. The first-order valence-corrected chi connectivity index (χ1v) is 7.77. The van der Waals surface area contributed by atoms with E-state index in [4.69, 9.17) is 9.26 Å².